The van der Waals surface area contributed by atoms with Crippen molar-refractivity contribution in [3.05, 3.63) is 29.8 Å². The number of hydrogen-bond donors (Lipinski definition) is 1. The van der Waals surface area contributed by atoms with Crippen LogP contribution in [0.5, 0.6) is 5.75 Å². The molecule has 2 amide bonds. The lowest BCUT2D eigenvalue weighted by Gasteiger charge is -2.41. The molecule has 1 N–H and O–H groups in total. The monoisotopic (exact) mass is 345 g/mol. The lowest BCUT2D eigenvalue weighted by Crippen LogP contribution is -2.57. The van der Waals surface area contributed by atoms with E-state index >= 15 is 0 Å². The number of likely N-dealkylation sites (tertiary alicyclic amines) is 1. The first-order chi connectivity index (χ1) is 12.2. The first-order valence-electron chi connectivity index (χ1n) is 9.17. The summed E-state index contributed by atoms with van der Waals surface area (Å²) in [7, 11) is 0. The Morgan fingerprint density at radius 3 is 2.80 bits per heavy atom. The van der Waals surface area contributed by atoms with Crippen molar-refractivity contribution in [2.75, 3.05) is 39.3 Å². The number of benzene rings is 1. The summed E-state index contributed by atoms with van der Waals surface area (Å²) in [6, 6.07) is 7.87. The second-order valence-corrected chi connectivity index (χ2v) is 6.65. The van der Waals surface area contributed by atoms with E-state index < -0.39 is 0 Å². The van der Waals surface area contributed by atoms with Crippen LogP contribution in [0, 0.1) is 0 Å². The molecule has 2 saturated heterocycles. The number of carbonyl (C=O) groups excluding carboxylic acids is 2. The molecule has 0 spiro atoms. The minimum Gasteiger partial charge on any atom is -0.494 e. The molecular formula is C19H27N3O3. The summed E-state index contributed by atoms with van der Waals surface area (Å²) in [4.78, 5) is 28.6. The molecule has 2 aliphatic heterocycles. The van der Waals surface area contributed by atoms with Gasteiger partial charge in [-0.15, -0.1) is 0 Å². The Kier molecular flexibility index (Phi) is 5.91. The third kappa shape index (κ3) is 4.51. The van der Waals surface area contributed by atoms with E-state index in [1.54, 1.807) is 0 Å². The molecule has 2 aliphatic rings. The Labute approximate surface area is 149 Å². The highest BCUT2D eigenvalue weighted by Gasteiger charge is 2.31. The summed E-state index contributed by atoms with van der Waals surface area (Å²) in [6.45, 7) is 6.02. The number of nitrogens with one attached hydrogen (secondary N) is 1. The van der Waals surface area contributed by atoms with E-state index in [0.717, 1.165) is 43.8 Å². The number of ether oxygens (including phenoxy) is 1. The van der Waals surface area contributed by atoms with Crippen LogP contribution in [-0.4, -0.2) is 67.0 Å². The number of amides is 2. The van der Waals surface area contributed by atoms with E-state index in [2.05, 4.69) is 5.32 Å². The molecule has 0 aromatic heterocycles. The molecule has 0 radical (unpaired) electrons. The van der Waals surface area contributed by atoms with Crippen LogP contribution < -0.4 is 10.1 Å². The molecule has 0 bridgehead atoms. The minimum absolute atomic E-state index is 0.136. The zero-order valence-electron chi connectivity index (χ0n) is 14.9. The SMILES string of the molecule is CCOc1ccc(CC(=O)N2CCCC(N3CCNCC3=O)C2)cc1. The van der Waals surface area contributed by atoms with Crippen LogP contribution >= 0.6 is 0 Å². The van der Waals surface area contributed by atoms with E-state index in [9.17, 15) is 9.59 Å². The Morgan fingerprint density at radius 2 is 2.08 bits per heavy atom. The van der Waals surface area contributed by atoms with Gasteiger partial charge in [-0.3, -0.25) is 9.59 Å². The van der Waals surface area contributed by atoms with Gasteiger partial charge < -0.3 is 19.9 Å². The summed E-state index contributed by atoms with van der Waals surface area (Å²) in [5.41, 5.74) is 0.994. The topological polar surface area (TPSA) is 61.9 Å². The van der Waals surface area contributed by atoms with Crippen molar-refractivity contribution in [1.29, 1.82) is 0 Å². The fourth-order valence-electron chi connectivity index (χ4n) is 3.60. The van der Waals surface area contributed by atoms with Gasteiger partial charge in [-0.05, 0) is 37.5 Å². The fourth-order valence-corrected chi connectivity index (χ4v) is 3.60. The second-order valence-electron chi connectivity index (χ2n) is 6.65. The average Bonchev–Trinajstić information content (AvgIpc) is 2.64. The highest BCUT2D eigenvalue weighted by molar-refractivity contribution is 5.80. The van der Waals surface area contributed by atoms with Crippen LogP contribution in [0.15, 0.2) is 24.3 Å². The van der Waals surface area contributed by atoms with Gasteiger partial charge in [-0.1, -0.05) is 12.1 Å². The number of piperazine rings is 1. The van der Waals surface area contributed by atoms with Crippen molar-refractivity contribution < 1.29 is 14.3 Å². The van der Waals surface area contributed by atoms with Gasteiger partial charge in [0.2, 0.25) is 11.8 Å². The van der Waals surface area contributed by atoms with Gasteiger partial charge in [0.15, 0.2) is 0 Å². The molecule has 0 saturated carbocycles. The molecular weight excluding hydrogens is 318 g/mol. The quantitative estimate of drug-likeness (QED) is 0.867. The van der Waals surface area contributed by atoms with Crippen LogP contribution in [0.1, 0.15) is 25.3 Å². The lowest BCUT2D eigenvalue weighted by atomic mass is 10.0. The summed E-state index contributed by atoms with van der Waals surface area (Å²) in [5.74, 6) is 1.11. The normalized spacial score (nSPS) is 21.3. The van der Waals surface area contributed by atoms with Gasteiger partial charge in [0.25, 0.3) is 0 Å². The summed E-state index contributed by atoms with van der Waals surface area (Å²) < 4.78 is 5.44. The molecule has 0 aliphatic carbocycles. The molecule has 1 aromatic carbocycles. The standard InChI is InChI=1S/C19H27N3O3/c1-2-25-17-7-5-15(6-8-17)12-18(23)21-10-3-4-16(14-21)22-11-9-20-13-19(22)24/h5-8,16,20H,2-4,9-14H2,1H3. The van der Waals surface area contributed by atoms with Gasteiger partial charge in [0.05, 0.1) is 19.6 Å². The molecule has 2 heterocycles. The summed E-state index contributed by atoms with van der Waals surface area (Å²) in [6.07, 6.45) is 2.34. The highest BCUT2D eigenvalue weighted by Crippen LogP contribution is 2.19. The predicted molar refractivity (Wildman–Crippen MR) is 95.5 cm³/mol. The number of hydrogen-bond acceptors (Lipinski definition) is 4. The fraction of sp³-hybridized carbons (Fsp3) is 0.579. The Balaban J connectivity index is 1.57. The zero-order chi connectivity index (χ0) is 17.6. The third-order valence-corrected chi connectivity index (χ3v) is 4.91. The van der Waals surface area contributed by atoms with Gasteiger partial charge in [-0.2, -0.15) is 0 Å². The molecule has 25 heavy (non-hydrogen) atoms. The van der Waals surface area contributed by atoms with E-state index in [1.165, 1.54) is 0 Å². The van der Waals surface area contributed by atoms with Crippen LogP contribution in [0.4, 0.5) is 0 Å². The molecule has 2 fully saturated rings. The molecule has 1 atom stereocenters. The smallest absolute Gasteiger partial charge is 0.236 e. The first kappa shape index (κ1) is 17.7. The van der Waals surface area contributed by atoms with Gasteiger partial charge in [0.1, 0.15) is 5.75 Å². The van der Waals surface area contributed by atoms with Gasteiger partial charge in [0, 0.05) is 32.2 Å². The second kappa shape index (κ2) is 8.34. The summed E-state index contributed by atoms with van der Waals surface area (Å²) in [5, 5.41) is 3.10. The molecule has 6 heteroatoms. The van der Waals surface area contributed by atoms with E-state index in [4.69, 9.17) is 4.74 Å². The maximum Gasteiger partial charge on any atom is 0.236 e. The predicted octanol–water partition coefficient (Wildman–Crippen LogP) is 1.05. The van der Waals surface area contributed by atoms with Crippen molar-refractivity contribution in [2.45, 2.75) is 32.2 Å². The van der Waals surface area contributed by atoms with Crippen molar-refractivity contribution in [3.8, 4) is 5.75 Å². The largest absolute Gasteiger partial charge is 0.494 e. The van der Waals surface area contributed by atoms with Crippen LogP contribution in [0.25, 0.3) is 0 Å². The van der Waals surface area contributed by atoms with E-state index in [1.807, 2.05) is 41.0 Å². The lowest BCUT2D eigenvalue weighted by molar-refractivity contribution is -0.140. The molecule has 3 rings (SSSR count). The highest BCUT2D eigenvalue weighted by atomic mass is 16.5. The van der Waals surface area contributed by atoms with E-state index in [0.29, 0.717) is 26.1 Å². The number of rotatable bonds is 5. The maximum absolute atomic E-state index is 12.7. The number of nitrogens with zero attached hydrogens (tertiary/aromatic N) is 2. The molecule has 1 aromatic rings. The van der Waals surface area contributed by atoms with Crippen molar-refractivity contribution in [1.82, 2.24) is 15.1 Å². The number of carbonyl (C=O) groups is 2. The number of piperidine rings is 1. The molecule has 6 nitrogen and oxygen atoms in total. The van der Waals surface area contributed by atoms with Crippen molar-refractivity contribution >= 4 is 11.8 Å². The Bertz CT molecular complexity index is 602. The third-order valence-electron chi connectivity index (χ3n) is 4.91. The minimum atomic E-state index is 0.136. The Hall–Kier alpha value is -2.08. The molecule has 1 unspecified atom stereocenters. The van der Waals surface area contributed by atoms with Gasteiger partial charge >= 0.3 is 0 Å². The van der Waals surface area contributed by atoms with Crippen molar-refractivity contribution in [2.24, 2.45) is 0 Å². The van der Waals surface area contributed by atoms with Crippen LogP contribution in [0.3, 0.4) is 0 Å². The summed E-state index contributed by atoms with van der Waals surface area (Å²) >= 11 is 0. The molecule has 136 valence electrons. The van der Waals surface area contributed by atoms with Crippen LogP contribution in [0.2, 0.25) is 0 Å². The average molecular weight is 345 g/mol. The van der Waals surface area contributed by atoms with Crippen LogP contribution in [-0.2, 0) is 16.0 Å². The van der Waals surface area contributed by atoms with E-state index in [-0.39, 0.29) is 17.9 Å². The zero-order valence-corrected chi connectivity index (χ0v) is 14.9. The Morgan fingerprint density at radius 1 is 1.28 bits per heavy atom. The first-order valence-corrected chi connectivity index (χ1v) is 9.17. The maximum atomic E-state index is 12.7. The van der Waals surface area contributed by atoms with Gasteiger partial charge in [-0.25, -0.2) is 0 Å². The van der Waals surface area contributed by atoms with Crippen molar-refractivity contribution in [3.63, 3.8) is 0 Å².